The number of pyridine rings is 1. The molecule has 10 heteroatoms. The summed E-state index contributed by atoms with van der Waals surface area (Å²) in [6, 6.07) is 7.88. The lowest BCUT2D eigenvalue weighted by molar-refractivity contribution is 0.332. The molecule has 1 unspecified atom stereocenters. The Morgan fingerprint density at radius 1 is 0.848 bits per heavy atom. The number of benzene rings is 2. The van der Waals surface area contributed by atoms with Gasteiger partial charge in [0, 0.05) is 23.6 Å². The van der Waals surface area contributed by atoms with Crippen molar-refractivity contribution in [2.75, 3.05) is 41.2 Å². The van der Waals surface area contributed by atoms with Gasteiger partial charge < -0.3 is 23.9 Å². The lowest BCUT2D eigenvalue weighted by atomic mass is 9.89. The summed E-state index contributed by atoms with van der Waals surface area (Å²) in [5, 5.41) is 0.684. The highest BCUT2D eigenvalue weighted by atomic mass is 32.2. The summed E-state index contributed by atoms with van der Waals surface area (Å²) < 4.78 is 48.4. The normalized spacial score (nSPS) is 16.3. The van der Waals surface area contributed by atoms with E-state index in [1.165, 1.54) is 25.6 Å². The Kier molecular flexibility index (Phi) is 5.98. The zero-order valence-electron chi connectivity index (χ0n) is 19.1. The van der Waals surface area contributed by atoms with Crippen LogP contribution in [0.1, 0.15) is 22.7 Å². The first-order valence-corrected chi connectivity index (χ1v) is 12.1. The number of aromatic nitrogens is 1. The SMILES string of the molecule is COc1cc2c(cc1OC)C(c1cc3cc(OC)c(OC)cc3[nH]c1=O)N(S(C)(=O)=O)CC2. The molecule has 0 amide bonds. The monoisotopic (exact) mass is 474 g/mol. The molecule has 1 atom stereocenters. The Labute approximate surface area is 191 Å². The average molecular weight is 475 g/mol. The van der Waals surface area contributed by atoms with Gasteiger partial charge in [-0.3, -0.25) is 4.79 Å². The van der Waals surface area contributed by atoms with Gasteiger partial charge in [0.1, 0.15) is 0 Å². The number of aromatic amines is 1. The van der Waals surface area contributed by atoms with Gasteiger partial charge in [-0.25, -0.2) is 8.42 Å². The van der Waals surface area contributed by atoms with Crippen LogP contribution in [0.3, 0.4) is 0 Å². The Morgan fingerprint density at radius 3 is 2.03 bits per heavy atom. The van der Waals surface area contributed by atoms with Gasteiger partial charge in [0.25, 0.3) is 5.56 Å². The van der Waals surface area contributed by atoms with Crippen LogP contribution in [0, 0.1) is 0 Å². The quantitative estimate of drug-likeness (QED) is 0.585. The van der Waals surface area contributed by atoms with Crippen LogP contribution in [-0.2, 0) is 16.4 Å². The third-order valence-corrected chi connectivity index (χ3v) is 7.17. The predicted octanol–water partition coefficient (Wildman–Crippen LogP) is 2.47. The maximum Gasteiger partial charge on any atom is 0.253 e. The first-order valence-electron chi connectivity index (χ1n) is 10.2. The third kappa shape index (κ3) is 4.00. The summed E-state index contributed by atoms with van der Waals surface area (Å²) in [6.45, 7) is 0.232. The first kappa shape index (κ1) is 22.9. The minimum absolute atomic E-state index is 0.232. The minimum Gasteiger partial charge on any atom is -0.493 e. The molecule has 2 heterocycles. The number of fused-ring (bicyclic) bond motifs is 2. The van der Waals surface area contributed by atoms with Crippen molar-refractivity contribution in [2.45, 2.75) is 12.5 Å². The number of ether oxygens (including phenoxy) is 4. The highest BCUT2D eigenvalue weighted by Crippen LogP contribution is 2.42. The number of nitrogens with one attached hydrogen (secondary N) is 1. The molecule has 4 rings (SSSR count). The summed E-state index contributed by atoms with van der Waals surface area (Å²) in [7, 11) is 2.47. The van der Waals surface area contributed by atoms with Gasteiger partial charge in [-0.15, -0.1) is 0 Å². The van der Waals surface area contributed by atoms with Crippen LogP contribution in [0.25, 0.3) is 10.9 Å². The Morgan fingerprint density at radius 2 is 1.42 bits per heavy atom. The molecule has 1 aliphatic rings. The fraction of sp³-hybridized carbons (Fsp3) is 0.348. The fourth-order valence-corrected chi connectivity index (χ4v) is 5.39. The van der Waals surface area contributed by atoms with Crippen LogP contribution in [0.5, 0.6) is 23.0 Å². The molecular weight excluding hydrogens is 448 g/mol. The van der Waals surface area contributed by atoms with E-state index in [4.69, 9.17) is 18.9 Å². The van der Waals surface area contributed by atoms with Crippen molar-refractivity contribution < 1.29 is 27.4 Å². The summed E-state index contributed by atoms with van der Waals surface area (Å²) in [4.78, 5) is 16.1. The predicted molar refractivity (Wildman–Crippen MR) is 124 cm³/mol. The second-order valence-corrected chi connectivity index (χ2v) is 9.72. The molecule has 0 bridgehead atoms. The van der Waals surface area contributed by atoms with Gasteiger partial charge in [0.2, 0.25) is 10.0 Å². The standard InChI is InChI=1S/C23H26N2O7S/c1-29-18-9-13-6-7-25(33(5,27)28)22(15(13)11-20(18)31-3)16-8-14-10-19(30-2)21(32-4)12-17(14)24-23(16)26/h8-12,22H,6-7H2,1-5H3,(H,24,26). The Balaban J connectivity index is 2.00. The van der Waals surface area contributed by atoms with Gasteiger partial charge >= 0.3 is 0 Å². The summed E-state index contributed by atoms with van der Waals surface area (Å²) in [6.07, 6.45) is 1.63. The average Bonchev–Trinajstić information content (AvgIpc) is 2.80. The Bertz CT molecular complexity index is 1380. The third-order valence-electron chi connectivity index (χ3n) is 5.93. The van der Waals surface area contributed by atoms with Crippen LogP contribution in [0.2, 0.25) is 0 Å². The number of methoxy groups -OCH3 is 4. The maximum absolute atomic E-state index is 13.2. The maximum atomic E-state index is 13.2. The molecule has 0 radical (unpaired) electrons. The lowest BCUT2D eigenvalue weighted by Crippen LogP contribution is -2.42. The molecule has 2 aromatic carbocycles. The molecule has 0 saturated heterocycles. The zero-order valence-corrected chi connectivity index (χ0v) is 19.9. The van der Waals surface area contributed by atoms with E-state index < -0.39 is 21.6 Å². The van der Waals surface area contributed by atoms with E-state index in [1.54, 1.807) is 31.4 Å². The molecule has 33 heavy (non-hydrogen) atoms. The van der Waals surface area contributed by atoms with E-state index in [-0.39, 0.29) is 6.54 Å². The topological polar surface area (TPSA) is 107 Å². The van der Waals surface area contributed by atoms with Gasteiger partial charge in [-0.05, 0) is 41.8 Å². The largest absolute Gasteiger partial charge is 0.493 e. The van der Waals surface area contributed by atoms with Crippen molar-refractivity contribution in [1.29, 1.82) is 0 Å². The van der Waals surface area contributed by atoms with Crippen LogP contribution >= 0.6 is 0 Å². The van der Waals surface area contributed by atoms with Gasteiger partial charge in [-0.1, -0.05) is 0 Å². The van der Waals surface area contributed by atoms with Crippen molar-refractivity contribution >= 4 is 20.9 Å². The highest BCUT2D eigenvalue weighted by molar-refractivity contribution is 7.88. The molecular formula is C23H26N2O7S. The van der Waals surface area contributed by atoms with Crippen molar-refractivity contribution in [3.63, 3.8) is 0 Å². The number of hydrogen-bond acceptors (Lipinski definition) is 7. The van der Waals surface area contributed by atoms with E-state index in [9.17, 15) is 13.2 Å². The molecule has 176 valence electrons. The summed E-state index contributed by atoms with van der Waals surface area (Å²) in [5.74, 6) is 1.98. The Hall–Kier alpha value is -3.24. The molecule has 0 saturated carbocycles. The van der Waals surface area contributed by atoms with Crippen molar-refractivity contribution in [2.24, 2.45) is 0 Å². The number of nitrogens with zero attached hydrogens (tertiary/aromatic N) is 1. The molecule has 0 spiro atoms. The lowest BCUT2D eigenvalue weighted by Gasteiger charge is -2.36. The molecule has 9 nitrogen and oxygen atoms in total. The molecule has 0 aliphatic carbocycles. The smallest absolute Gasteiger partial charge is 0.253 e. The molecule has 3 aromatic rings. The van der Waals surface area contributed by atoms with E-state index >= 15 is 0 Å². The number of hydrogen-bond donors (Lipinski definition) is 1. The molecule has 0 fully saturated rings. The fourth-order valence-electron chi connectivity index (χ4n) is 4.36. The molecule has 1 aromatic heterocycles. The zero-order chi connectivity index (χ0) is 23.9. The van der Waals surface area contributed by atoms with E-state index in [2.05, 4.69) is 4.98 Å². The number of H-pyrrole nitrogens is 1. The summed E-state index contributed by atoms with van der Waals surface area (Å²) >= 11 is 0. The number of rotatable bonds is 6. The van der Waals surface area contributed by atoms with Crippen molar-refractivity contribution in [1.82, 2.24) is 9.29 Å². The van der Waals surface area contributed by atoms with Gasteiger partial charge in [-0.2, -0.15) is 4.31 Å². The summed E-state index contributed by atoms with van der Waals surface area (Å²) in [5.41, 5.74) is 2.03. The van der Waals surface area contributed by atoms with Crippen molar-refractivity contribution in [3.8, 4) is 23.0 Å². The minimum atomic E-state index is -3.63. The number of sulfonamides is 1. The van der Waals surface area contributed by atoms with E-state index in [0.29, 0.717) is 51.4 Å². The molecule has 1 aliphatic heterocycles. The van der Waals surface area contributed by atoms with Gasteiger partial charge in [0.05, 0.1) is 46.3 Å². The van der Waals surface area contributed by atoms with E-state index in [0.717, 1.165) is 11.8 Å². The van der Waals surface area contributed by atoms with Crippen molar-refractivity contribution in [3.05, 3.63) is 57.4 Å². The molecule has 1 N–H and O–H groups in total. The second-order valence-electron chi connectivity index (χ2n) is 7.78. The van der Waals surface area contributed by atoms with Crippen LogP contribution in [0.15, 0.2) is 35.1 Å². The highest BCUT2D eigenvalue weighted by Gasteiger charge is 2.37. The van der Waals surface area contributed by atoms with Crippen LogP contribution < -0.4 is 24.5 Å². The van der Waals surface area contributed by atoms with Crippen LogP contribution in [-0.4, -0.2) is 58.9 Å². The van der Waals surface area contributed by atoms with E-state index in [1.807, 2.05) is 6.07 Å². The van der Waals surface area contributed by atoms with Gasteiger partial charge in [0.15, 0.2) is 23.0 Å². The second kappa shape index (κ2) is 8.60. The first-order chi connectivity index (χ1) is 15.7. The van der Waals surface area contributed by atoms with Crippen LogP contribution in [0.4, 0.5) is 0 Å².